The molecule has 0 spiro atoms. The molecule has 4 unspecified atom stereocenters. The smallest absolute Gasteiger partial charge is 0.372 e. The van der Waals surface area contributed by atoms with Gasteiger partial charge in [-0.25, -0.2) is 0 Å². The number of anilines is 1. The van der Waals surface area contributed by atoms with Crippen LogP contribution in [0, 0.1) is 50.2 Å². The van der Waals surface area contributed by atoms with Gasteiger partial charge in [0.1, 0.15) is 6.23 Å². The summed E-state index contributed by atoms with van der Waals surface area (Å²) in [6.07, 6.45) is 9.70. The van der Waals surface area contributed by atoms with Crippen LogP contribution >= 0.6 is 0 Å². The molecular formula is C41H59F3N2O2. The van der Waals surface area contributed by atoms with Crippen molar-refractivity contribution in [1.29, 1.82) is 0 Å². The third kappa shape index (κ3) is 4.88. The third-order valence-corrected chi connectivity index (χ3v) is 16.3. The molecule has 1 N–H and O–H groups in total. The number of benzene rings is 1. The summed E-state index contributed by atoms with van der Waals surface area (Å²) in [5, 5.41) is 11.3. The molecule has 5 aliphatic carbocycles. The van der Waals surface area contributed by atoms with E-state index in [1.54, 1.807) is 21.4 Å². The second kappa shape index (κ2) is 11.0. The van der Waals surface area contributed by atoms with E-state index in [-0.39, 0.29) is 47.5 Å². The largest absolute Gasteiger partial charge is 0.418 e. The molecule has 0 radical (unpaired) electrons. The molecule has 0 aromatic heterocycles. The van der Waals surface area contributed by atoms with Crippen LogP contribution in [0.3, 0.4) is 0 Å². The van der Waals surface area contributed by atoms with Crippen LogP contribution in [-0.2, 0) is 11.0 Å². The predicted molar refractivity (Wildman–Crippen MR) is 185 cm³/mol. The highest BCUT2D eigenvalue weighted by Gasteiger charge is 2.67. The molecule has 266 valence electrons. The van der Waals surface area contributed by atoms with E-state index in [1.165, 1.54) is 57.1 Å². The van der Waals surface area contributed by atoms with Crippen molar-refractivity contribution >= 4 is 11.6 Å². The molecule has 1 amide bonds. The lowest BCUT2D eigenvalue weighted by molar-refractivity contribution is -0.182. The number of rotatable bonds is 2. The highest BCUT2D eigenvalue weighted by Crippen LogP contribution is 2.75. The summed E-state index contributed by atoms with van der Waals surface area (Å²) >= 11 is 0. The summed E-state index contributed by atoms with van der Waals surface area (Å²) in [5.41, 5.74) is 1.59. The Hall–Kier alpha value is -2.02. The first-order valence-electron chi connectivity index (χ1n) is 18.9. The normalized spacial score (nSPS) is 44.1. The van der Waals surface area contributed by atoms with Crippen LogP contribution in [0.15, 0.2) is 35.9 Å². The van der Waals surface area contributed by atoms with Crippen LogP contribution < -0.4 is 4.90 Å². The number of carbonyl (C=O) groups excluding carboxylic acids is 1. The zero-order chi connectivity index (χ0) is 34.7. The molecule has 4 nitrogen and oxygen atoms in total. The van der Waals surface area contributed by atoms with E-state index in [0.717, 1.165) is 37.7 Å². The van der Waals surface area contributed by atoms with Crippen molar-refractivity contribution in [3.63, 3.8) is 0 Å². The Kier molecular flexibility index (Phi) is 7.88. The van der Waals surface area contributed by atoms with Crippen molar-refractivity contribution in [2.75, 3.05) is 24.5 Å². The van der Waals surface area contributed by atoms with Gasteiger partial charge < -0.3 is 14.9 Å². The molecule has 1 heterocycles. The molecule has 4 saturated carbocycles. The summed E-state index contributed by atoms with van der Waals surface area (Å²) in [6, 6.07) is 5.53. The average Bonchev–Trinajstić information content (AvgIpc) is 3.01. The maximum absolute atomic E-state index is 14.5. The fourth-order valence-electron chi connectivity index (χ4n) is 13.2. The van der Waals surface area contributed by atoms with Crippen LogP contribution in [0.25, 0.3) is 0 Å². The number of β-amino-alcohol motifs (C(OH)–C–C–N with tert-alkyl or cyclic N) is 1. The van der Waals surface area contributed by atoms with Gasteiger partial charge in [-0.3, -0.25) is 4.79 Å². The highest BCUT2D eigenvalue weighted by molar-refractivity contribution is 5.83. The molecule has 1 saturated heterocycles. The number of allylic oxidation sites excluding steroid dienone is 2. The molecule has 5 fully saturated rings. The topological polar surface area (TPSA) is 43.8 Å². The van der Waals surface area contributed by atoms with E-state index >= 15 is 0 Å². The van der Waals surface area contributed by atoms with Gasteiger partial charge in [-0.1, -0.05) is 78.7 Å². The van der Waals surface area contributed by atoms with Crippen molar-refractivity contribution in [2.24, 2.45) is 50.2 Å². The van der Waals surface area contributed by atoms with E-state index in [9.17, 15) is 23.1 Å². The van der Waals surface area contributed by atoms with E-state index in [2.05, 4.69) is 54.5 Å². The maximum Gasteiger partial charge on any atom is 0.418 e. The van der Waals surface area contributed by atoms with Crippen molar-refractivity contribution in [3.8, 4) is 0 Å². The van der Waals surface area contributed by atoms with Crippen LogP contribution in [-0.4, -0.2) is 41.8 Å². The number of fused-ring (bicyclic) bond motifs is 7. The minimum atomic E-state index is -4.49. The summed E-state index contributed by atoms with van der Waals surface area (Å²) in [6.45, 7) is 17.9. The molecule has 7 rings (SSSR count). The van der Waals surface area contributed by atoms with Gasteiger partial charge in [-0.15, -0.1) is 0 Å². The lowest BCUT2D eigenvalue weighted by atomic mass is 9.34. The van der Waals surface area contributed by atoms with Gasteiger partial charge in [-0.05, 0) is 121 Å². The number of aliphatic hydroxyl groups excluding tert-OH is 1. The maximum atomic E-state index is 14.5. The molecule has 0 bridgehead atoms. The number of piperazine rings is 1. The van der Waals surface area contributed by atoms with Gasteiger partial charge in [0, 0.05) is 24.2 Å². The van der Waals surface area contributed by atoms with E-state index < -0.39 is 23.4 Å². The number of halogens is 3. The van der Waals surface area contributed by atoms with Crippen LogP contribution in [0.5, 0.6) is 0 Å². The van der Waals surface area contributed by atoms with Gasteiger partial charge in [0.25, 0.3) is 0 Å². The van der Waals surface area contributed by atoms with E-state index in [0.29, 0.717) is 22.7 Å². The van der Waals surface area contributed by atoms with Gasteiger partial charge in [-0.2, -0.15) is 13.2 Å². The van der Waals surface area contributed by atoms with Gasteiger partial charge in [0.2, 0.25) is 5.91 Å². The Bertz CT molecular complexity index is 1490. The van der Waals surface area contributed by atoms with Crippen LogP contribution in [0.2, 0.25) is 0 Å². The molecule has 7 heteroatoms. The molecule has 1 aromatic rings. The number of nitrogens with zero attached hydrogens (tertiary/aromatic N) is 2. The van der Waals surface area contributed by atoms with E-state index in [1.807, 2.05) is 0 Å². The zero-order valence-corrected chi connectivity index (χ0v) is 30.5. The summed E-state index contributed by atoms with van der Waals surface area (Å²) < 4.78 is 41.4. The zero-order valence-electron chi connectivity index (χ0n) is 30.5. The minimum absolute atomic E-state index is 0.0322. The molecular weight excluding hydrogens is 609 g/mol. The predicted octanol–water partition coefficient (Wildman–Crippen LogP) is 9.86. The summed E-state index contributed by atoms with van der Waals surface area (Å²) in [5.74, 6) is 1.73. The second-order valence-electron chi connectivity index (χ2n) is 19.0. The molecule has 6 aliphatic rings. The lowest BCUT2D eigenvalue weighted by Gasteiger charge is -2.71. The SMILES string of the molecule is CC1(C(=O)N2CCN(c3ccccc3C(F)(F)F)CC2O)CC[C@]2(C)CC[C@]3(C)C(=CCC4[C@@]5(C)CCCC(C)(C)C5CC[C@]43C)[C@H]2C1. The van der Waals surface area contributed by atoms with Gasteiger partial charge in [0.15, 0.2) is 0 Å². The fraction of sp³-hybridized carbons (Fsp3) is 0.780. The molecule has 9 atom stereocenters. The first kappa shape index (κ1) is 34.4. The Morgan fingerprint density at radius 1 is 0.875 bits per heavy atom. The van der Waals surface area contributed by atoms with Crippen LogP contribution in [0.1, 0.15) is 125 Å². The quantitative estimate of drug-likeness (QED) is 0.319. The fourth-order valence-corrected chi connectivity index (χ4v) is 13.2. The number of hydrogen-bond acceptors (Lipinski definition) is 3. The van der Waals surface area contributed by atoms with Crippen molar-refractivity contribution in [1.82, 2.24) is 4.90 Å². The first-order valence-corrected chi connectivity index (χ1v) is 18.9. The average molecular weight is 669 g/mol. The number of para-hydroxylation sites is 1. The van der Waals surface area contributed by atoms with Crippen molar-refractivity contribution < 1.29 is 23.1 Å². The van der Waals surface area contributed by atoms with Crippen molar-refractivity contribution in [3.05, 3.63) is 41.5 Å². The second-order valence-corrected chi connectivity index (χ2v) is 19.0. The number of amides is 1. The summed E-state index contributed by atoms with van der Waals surface area (Å²) in [7, 11) is 0. The molecule has 1 aliphatic heterocycles. The lowest BCUT2D eigenvalue weighted by Crippen LogP contribution is -2.63. The standard InChI is InChI=1S/C41H59F3N2O2/c1-35(2)16-10-17-38(5)31(35)15-18-40(7)32(38)14-13-27-29-25-37(4,20-19-36(29,3)21-22-39(27,40)6)34(48)46-24-23-45(26-33(46)47)30-12-9-8-11-28(30)41(42,43)44/h8-9,11-13,29,31-33,47H,10,14-26H2,1-7H3/t29-,31?,32?,33?,36-,37?,38+,39-,40-/m1/s1. The Morgan fingerprint density at radius 3 is 2.29 bits per heavy atom. The van der Waals surface area contributed by atoms with Gasteiger partial charge in [0.05, 0.1) is 12.1 Å². The minimum Gasteiger partial charge on any atom is -0.372 e. The van der Waals surface area contributed by atoms with E-state index in [4.69, 9.17) is 0 Å². The first-order chi connectivity index (χ1) is 22.3. The molecule has 1 aromatic carbocycles. The third-order valence-electron chi connectivity index (χ3n) is 16.3. The molecule has 48 heavy (non-hydrogen) atoms. The number of aliphatic hydroxyl groups is 1. The Balaban J connectivity index is 1.14. The Labute approximate surface area is 286 Å². The monoisotopic (exact) mass is 668 g/mol. The number of hydrogen-bond donors (Lipinski definition) is 1. The number of alkyl halides is 3. The van der Waals surface area contributed by atoms with Crippen LogP contribution in [0.4, 0.5) is 18.9 Å². The van der Waals surface area contributed by atoms with Gasteiger partial charge >= 0.3 is 6.18 Å². The number of carbonyl (C=O) groups is 1. The summed E-state index contributed by atoms with van der Waals surface area (Å²) in [4.78, 5) is 17.6. The van der Waals surface area contributed by atoms with Crippen molar-refractivity contribution in [2.45, 2.75) is 131 Å². The highest BCUT2D eigenvalue weighted by atomic mass is 19.4. The Morgan fingerprint density at radius 2 is 1.58 bits per heavy atom.